The van der Waals surface area contributed by atoms with E-state index in [1.807, 2.05) is 25.7 Å². The number of thiophene rings is 1. The summed E-state index contributed by atoms with van der Waals surface area (Å²) in [5, 5.41) is 2.08. The van der Waals surface area contributed by atoms with Crippen molar-refractivity contribution in [1.29, 1.82) is 0 Å². The first-order valence-electron chi connectivity index (χ1n) is 7.65. The van der Waals surface area contributed by atoms with Crippen molar-refractivity contribution in [2.24, 2.45) is 0 Å². The molecule has 116 valence electrons. The Balaban J connectivity index is 1.93. The smallest absolute Gasteiger partial charge is 0.410 e. The number of amides is 1. The average molecular weight is 307 g/mol. The molecule has 2 rings (SSSR count). The Kier molecular flexibility index (Phi) is 5.45. The Morgan fingerprint density at radius 1 is 1.48 bits per heavy atom. The zero-order valence-electron chi connectivity index (χ0n) is 13.2. The summed E-state index contributed by atoms with van der Waals surface area (Å²) in [5.41, 5.74) is -0.425. The number of hydrogen-bond donors (Lipinski definition) is 0. The van der Waals surface area contributed by atoms with E-state index in [0.29, 0.717) is 0 Å². The second-order valence-corrected chi connectivity index (χ2v) is 7.46. The first-order chi connectivity index (χ1) is 9.96. The molecule has 1 amide bonds. The summed E-state index contributed by atoms with van der Waals surface area (Å²) in [5.74, 6) is 0. The van der Waals surface area contributed by atoms with Crippen molar-refractivity contribution in [2.75, 3.05) is 6.54 Å². The van der Waals surface area contributed by atoms with Crippen molar-refractivity contribution in [3.05, 3.63) is 28.5 Å². The van der Waals surface area contributed by atoms with Crippen LogP contribution in [0.2, 0.25) is 0 Å². The minimum atomic E-state index is -0.425. The minimum Gasteiger partial charge on any atom is -0.444 e. The molecule has 0 saturated carbocycles. The van der Waals surface area contributed by atoms with Gasteiger partial charge in [-0.1, -0.05) is 12.1 Å². The van der Waals surface area contributed by atoms with Gasteiger partial charge in [-0.2, -0.15) is 0 Å². The van der Waals surface area contributed by atoms with Gasteiger partial charge in [-0.05, 0) is 64.0 Å². The quantitative estimate of drug-likeness (QED) is 0.791. The maximum absolute atomic E-state index is 12.3. The second-order valence-electron chi connectivity index (χ2n) is 6.48. The van der Waals surface area contributed by atoms with E-state index >= 15 is 0 Å². The van der Waals surface area contributed by atoms with Gasteiger partial charge in [-0.3, -0.25) is 0 Å². The summed E-state index contributed by atoms with van der Waals surface area (Å²) in [6.07, 6.45) is 8.38. The van der Waals surface area contributed by atoms with Gasteiger partial charge in [0.1, 0.15) is 5.60 Å². The lowest BCUT2D eigenvalue weighted by molar-refractivity contribution is 0.0103. The predicted octanol–water partition coefficient (Wildman–Crippen LogP) is 4.94. The molecule has 1 aliphatic heterocycles. The van der Waals surface area contributed by atoms with Crippen molar-refractivity contribution in [1.82, 2.24) is 4.90 Å². The highest BCUT2D eigenvalue weighted by Crippen LogP contribution is 2.23. The molecule has 0 aliphatic carbocycles. The number of nitrogens with zero attached hydrogens (tertiary/aromatic N) is 1. The highest BCUT2D eigenvalue weighted by molar-refractivity contribution is 7.10. The fourth-order valence-electron chi connectivity index (χ4n) is 2.53. The van der Waals surface area contributed by atoms with Crippen molar-refractivity contribution < 1.29 is 9.53 Å². The van der Waals surface area contributed by atoms with Crippen molar-refractivity contribution in [2.45, 2.75) is 58.1 Å². The first kappa shape index (κ1) is 16.1. The Labute approximate surface area is 131 Å². The lowest BCUT2D eigenvalue weighted by Gasteiger charge is -2.36. The number of carbonyl (C=O) groups excluding carboxylic acids is 1. The molecule has 0 N–H and O–H groups in total. The van der Waals surface area contributed by atoms with Crippen LogP contribution in [0, 0.1) is 0 Å². The standard InChI is InChI=1S/C17H25NO2S/c1-17(2,3)20-16(19)18-12-5-4-8-14(18)9-6-10-15-11-7-13-21-15/h6-7,10-11,13-14H,4-5,8-9,12H2,1-3H3. The third-order valence-electron chi connectivity index (χ3n) is 3.49. The van der Waals surface area contributed by atoms with E-state index < -0.39 is 5.60 Å². The van der Waals surface area contributed by atoms with E-state index in [9.17, 15) is 4.79 Å². The van der Waals surface area contributed by atoms with Gasteiger partial charge in [0.15, 0.2) is 0 Å². The van der Waals surface area contributed by atoms with Gasteiger partial charge in [-0.15, -0.1) is 11.3 Å². The largest absolute Gasteiger partial charge is 0.444 e. The van der Waals surface area contributed by atoms with E-state index in [2.05, 4.69) is 29.7 Å². The molecule has 0 spiro atoms. The van der Waals surface area contributed by atoms with E-state index in [1.54, 1.807) is 11.3 Å². The molecule has 1 aromatic rings. The molecule has 2 heterocycles. The Bertz CT molecular complexity index is 473. The van der Waals surface area contributed by atoms with Gasteiger partial charge in [0.25, 0.3) is 0 Å². The molecule has 0 radical (unpaired) electrons. The highest BCUT2D eigenvalue weighted by atomic mass is 32.1. The maximum atomic E-state index is 12.3. The lowest BCUT2D eigenvalue weighted by Crippen LogP contribution is -2.45. The molecule has 1 aliphatic rings. The monoisotopic (exact) mass is 307 g/mol. The number of rotatable bonds is 3. The van der Waals surface area contributed by atoms with E-state index in [0.717, 1.165) is 25.8 Å². The fraction of sp³-hybridized carbons (Fsp3) is 0.588. The van der Waals surface area contributed by atoms with E-state index in [4.69, 9.17) is 4.74 Å². The zero-order chi connectivity index (χ0) is 15.3. The number of piperidine rings is 1. The zero-order valence-corrected chi connectivity index (χ0v) is 14.0. The summed E-state index contributed by atoms with van der Waals surface area (Å²) < 4.78 is 5.52. The Hall–Kier alpha value is -1.29. The first-order valence-corrected chi connectivity index (χ1v) is 8.53. The number of hydrogen-bond acceptors (Lipinski definition) is 3. The van der Waals surface area contributed by atoms with Crippen LogP contribution in [0.3, 0.4) is 0 Å². The summed E-state index contributed by atoms with van der Waals surface area (Å²) in [6, 6.07) is 4.43. The van der Waals surface area contributed by atoms with Crippen LogP contribution >= 0.6 is 11.3 Å². The molecule has 1 saturated heterocycles. The molecule has 3 nitrogen and oxygen atoms in total. The van der Waals surface area contributed by atoms with Crippen molar-refractivity contribution in [3.8, 4) is 0 Å². The predicted molar refractivity (Wildman–Crippen MR) is 88.5 cm³/mol. The van der Waals surface area contributed by atoms with Crippen LogP contribution in [0.15, 0.2) is 23.6 Å². The van der Waals surface area contributed by atoms with Crippen LogP contribution in [0.1, 0.15) is 51.3 Å². The third-order valence-corrected chi connectivity index (χ3v) is 4.33. The van der Waals surface area contributed by atoms with Crippen molar-refractivity contribution >= 4 is 23.5 Å². The van der Waals surface area contributed by atoms with Crippen LogP contribution in [-0.4, -0.2) is 29.2 Å². The van der Waals surface area contributed by atoms with E-state index in [-0.39, 0.29) is 12.1 Å². The van der Waals surface area contributed by atoms with Crippen LogP contribution < -0.4 is 0 Å². The Morgan fingerprint density at radius 2 is 2.29 bits per heavy atom. The van der Waals surface area contributed by atoms with Gasteiger partial charge in [0.05, 0.1) is 0 Å². The van der Waals surface area contributed by atoms with Crippen LogP contribution in [-0.2, 0) is 4.74 Å². The summed E-state index contributed by atoms with van der Waals surface area (Å²) >= 11 is 1.73. The highest BCUT2D eigenvalue weighted by Gasteiger charge is 2.29. The molecule has 1 aromatic heterocycles. The summed E-state index contributed by atoms with van der Waals surface area (Å²) in [6.45, 7) is 6.56. The summed E-state index contributed by atoms with van der Waals surface area (Å²) in [7, 11) is 0. The molecular formula is C17H25NO2S. The fourth-order valence-corrected chi connectivity index (χ4v) is 3.18. The lowest BCUT2D eigenvalue weighted by atomic mass is 9.99. The van der Waals surface area contributed by atoms with Gasteiger partial charge in [-0.25, -0.2) is 4.79 Å². The van der Waals surface area contributed by atoms with Crippen molar-refractivity contribution in [3.63, 3.8) is 0 Å². The minimum absolute atomic E-state index is 0.170. The SMILES string of the molecule is CC(C)(C)OC(=O)N1CCCCC1CC=Cc1cccs1. The second kappa shape index (κ2) is 7.12. The molecule has 21 heavy (non-hydrogen) atoms. The molecular weight excluding hydrogens is 282 g/mol. The topological polar surface area (TPSA) is 29.5 Å². The molecule has 1 fully saturated rings. The third kappa shape index (κ3) is 5.20. The van der Waals surface area contributed by atoms with Gasteiger partial charge in [0.2, 0.25) is 0 Å². The van der Waals surface area contributed by atoms with Crippen LogP contribution in [0.4, 0.5) is 4.79 Å². The van der Waals surface area contributed by atoms with E-state index in [1.165, 1.54) is 11.3 Å². The number of carbonyl (C=O) groups is 1. The van der Waals surface area contributed by atoms with Crippen LogP contribution in [0.25, 0.3) is 6.08 Å². The molecule has 0 bridgehead atoms. The molecule has 1 unspecified atom stereocenters. The normalized spacial score (nSPS) is 20.0. The average Bonchev–Trinajstić information content (AvgIpc) is 2.90. The summed E-state index contributed by atoms with van der Waals surface area (Å²) in [4.78, 5) is 15.5. The van der Waals surface area contributed by atoms with Gasteiger partial charge >= 0.3 is 6.09 Å². The van der Waals surface area contributed by atoms with Gasteiger partial charge < -0.3 is 9.64 Å². The molecule has 1 atom stereocenters. The van der Waals surface area contributed by atoms with Gasteiger partial charge in [0, 0.05) is 17.5 Å². The Morgan fingerprint density at radius 3 is 2.95 bits per heavy atom. The number of likely N-dealkylation sites (tertiary alicyclic amines) is 1. The maximum Gasteiger partial charge on any atom is 0.410 e. The molecule has 4 heteroatoms. The molecule has 0 aromatic carbocycles. The van der Waals surface area contributed by atoms with Crippen LogP contribution in [0.5, 0.6) is 0 Å². The number of ether oxygens (including phenoxy) is 1.